The molecular formula is C26H34N4O5. The van der Waals surface area contributed by atoms with E-state index in [9.17, 15) is 24.3 Å². The van der Waals surface area contributed by atoms with E-state index in [1.807, 2.05) is 74.5 Å². The summed E-state index contributed by atoms with van der Waals surface area (Å²) in [5.41, 5.74) is 7.03. The first-order valence-electron chi connectivity index (χ1n) is 11.6. The minimum absolute atomic E-state index is 0.0419. The van der Waals surface area contributed by atoms with Crippen LogP contribution in [0.2, 0.25) is 0 Å². The SMILES string of the molecule is CC(C)CC(NC(=O)C(Cc1ccccc1)NC(=O)C(Cc1ccccc1)NC(=O)CN)C(=O)O. The monoisotopic (exact) mass is 482 g/mol. The molecule has 0 spiro atoms. The smallest absolute Gasteiger partial charge is 0.326 e. The van der Waals surface area contributed by atoms with Gasteiger partial charge in [-0.2, -0.15) is 0 Å². The minimum Gasteiger partial charge on any atom is -0.480 e. The van der Waals surface area contributed by atoms with E-state index >= 15 is 0 Å². The Morgan fingerprint density at radius 3 is 1.57 bits per heavy atom. The maximum absolute atomic E-state index is 13.2. The Balaban J connectivity index is 2.25. The fourth-order valence-corrected chi connectivity index (χ4v) is 3.61. The van der Waals surface area contributed by atoms with E-state index in [-0.39, 0.29) is 31.7 Å². The lowest BCUT2D eigenvalue weighted by Gasteiger charge is -2.25. The van der Waals surface area contributed by atoms with Gasteiger partial charge in [0, 0.05) is 12.8 Å². The zero-order valence-corrected chi connectivity index (χ0v) is 20.1. The standard InChI is InChI=1S/C26H34N4O5/c1-17(2)13-22(26(34)35)30-25(33)21(15-19-11-7-4-8-12-19)29-24(32)20(28-23(31)16-27)14-18-9-5-3-6-10-18/h3-12,17,20-22H,13-16,27H2,1-2H3,(H,28,31)(H,29,32)(H,30,33)(H,34,35). The van der Waals surface area contributed by atoms with Crippen LogP contribution in [0.5, 0.6) is 0 Å². The van der Waals surface area contributed by atoms with Crippen LogP contribution >= 0.6 is 0 Å². The number of hydrogen-bond acceptors (Lipinski definition) is 5. The normalized spacial score (nSPS) is 13.4. The average molecular weight is 483 g/mol. The van der Waals surface area contributed by atoms with E-state index in [2.05, 4.69) is 16.0 Å². The summed E-state index contributed by atoms with van der Waals surface area (Å²) in [5, 5.41) is 17.4. The maximum Gasteiger partial charge on any atom is 0.326 e. The molecule has 0 aromatic heterocycles. The van der Waals surface area contributed by atoms with Crippen LogP contribution in [-0.2, 0) is 32.0 Å². The average Bonchev–Trinajstić information content (AvgIpc) is 2.83. The van der Waals surface area contributed by atoms with E-state index in [1.165, 1.54) is 0 Å². The van der Waals surface area contributed by atoms with Gasteiger partial charge in [-0.15, -0.1) is 0 Å². The number of nitrogens with one attached hydrogen (secondary N) is 3. The van der Waals surface area contributed by atoms with Gasteiger partial charge in [0.1, 0.15) is 18.1 Å². The molecule has 2 aromatic carbocycles. The Kier molecular flexibility index (Phi) is 10.9. The van der Waals surface area contributed by atoms with Crippen LogP contribution in [0.25, 0.3) is 0 Å². The number of hydrogen-bond donors (Lipinski definition) is 5. The highest BCUT2D eigenvalue weighted by Gasteiger charge is 2.30. The van der Waals surface area contributed by atoms with Crippen LogP contribution in [0.4, 0.5) is 0 Å². The zero-order chi connectivity index (χ0) is 25.8. The number of rotatable bonds is 13. The summed E-state index contributed by atoms with van der Waals surface area (Å²) in [6.45, 7) is 3.43. The summed E-state index contributed by atoms with van der Waals surface area (Å²) in [6, 6.07) is 15.1. The highest BCUT2D eigenvalue weighted by atomic mass is 16.4. The van der Waals surface area contributed by atoms with Crippen molar-refractivity contribution in [3.8, 4) is 0 Å². The Morgan fingerprint density at radius 2 is 1.17 bits per heavy atom. The lowest BCUT2D eigenvalue weighted by Crippen LogP contribution is -2.57. The van der Waals surface area contributed by atoms with Crippen LogP contribution in [-0.4, -0.2) is 53.5 Å². The van der Waals surface area contributed by atoms with Gasteiger partial charge in [0.2, 0.25) is 17.7 Å². The van der Waals surface area contributed by atoms with Gasteiger partial charge in [-0.05, 0) is 23.5 Å². The Hall–Kier alpha value is -3.72. The molecule has 0 aliphatic heterocycles. The number of amides is 3. The summed E-state index contributed by atoms with van der Waals surface area (Å²) >= 11 is 0. The fraction of sp³-hybridized carbons (Fsp3) is 0.385. The first kappa shape index (κ1) is 27.5. The largest absolute Gasteiger partial charge is 0.480 e. The predicted molar refractivity (Wildman–Crippen MR) is 132 cm³/mol. The van der Waals surface area contributed by atoms with Gasteiger partial charge in [0.25, 0.3) is 0 Å². The van der Waals surface area contributed by atoms with E-state index < -0.39 is 41.8 Å². The molecule has 6 N–H and O–H groups in total. The predicted octanol–water partition coefficient (Wildman–Crippen LogP) is 1.02. The molecule has 3 amide bonds. The van der Waals surface area contributed by atoms with E-state index in [0.29, 0.717) is 0 Å². The van der Waals surface area contributed by atoms with Crippen molar-refractivity contribution in [3.63, 3.8) is 0 Å². The van der Waals surface area contributed by atoms with Gasteiger partial charge in [0.15, 0.2) is 0 Å². The van der Waals surface area contributed by atoms with E-state index in [1.54, 1.807) is 0 Å². The lowest BCUT2D eigenvalue weighted by atomic mass is 10.0. The lowest BCUT2D eigenvalue weighted by molar-refractivity contribution is -0.142. The third kappa shape index (κ3) is 9.58. The summed E-state index contributed by atoms with van der Waals surface area (Å²) in [6.07, 6.45) is 0.592. The molecule has 0 heterocycles. The quantitative estimate of drug-likeness (QED) is 0.288. The molecule has 0 aliphatic rings. The molecule has 2 aromatic rings. The van der Waals surface area contributed by atoms with E-state index in [4.69, 9.17) is 5.73 Å². The van der Waals surface area contributed by atoms with Crippen molar-refractivity contribution in [1.82, 2.24) is 16.0 Å². The molecule has 0 fully saturated rings. The molecule has 9 nitrogen and oxygen atoms in total. The molecule has 0 aliphatic carbocycles. The molecule has 0 saturated carbocycles. The third-order valence-electron chi connectivity index (χ3n) is 5.36. The van der Waals surface area contributed by atoms with Crippen LogP contribution in [0, 0.1) is 5.92 Å². The molecule has 2 rings (SSSR count). The van der Waals surface area contributed by atoms with Crippen molar-refractivity contribution in [2.45, 2.75) is 51.2 Å². The topological polar surface area (TPSA) is 151 Å². The van der Waals surface area contributed by atoms with Crippen molar-refractivity contribution >= 4 is 23.7 Å². The van der Waals surface area contributed by atoms with Crippen LogP contribution in [0.1, 0.15) is 31.4 Å². The molecule has 35 heavy (non-hydrogen) atoms. The van der Waals surface area contributed by atoms with Crippen molar-refractivity contribution in [2.24, 2.45) is 11.7 Å². The van der Waals surface area contributed by atoms with Crippen LogP contribution < -0.4 is 21.7 Å². The molecule has 0 radical (unpaired) electrons. The second-order valence-corrected chi connectivity index (χ2v) is 8.79. The number of nitrogens with two attached hydrogens (primary N) is 1. The van der Waals surface area contributed by atoms with Gasteiger partial charge < -0.3 is 26.8 Å². The molecule has 9 heteroatoms. The van der Waals surface area contributed by atoms with Gasteiger partial charge in [-0.25, -0.2) is 4.79 Å². The van der Waals surface area contributed by atoms with Gasteiger partial charge >= 0.3 is 5.97 Å². The van der Waals surface area contributed by atoms with Gasteiger partial charge in [-0.3, -0.25) is 14.4 Å². The molecule has 188 valence electrons. The molecule has 3 unspecified atom stereocenters. The van der Waals surface area contributed by atoms with Crippen molar-refractivity contribution in [2.75, 3.05) is 6.54 Å². The molecule has 3 atom stereocenters. The van der Waals surface area contributed by atoms with Crippen molar-refractivity contribution in [3.05, 3.63) is 71.8 Å². The van der Waals surface area contributed by atoms with Crippen LogP contribution in [0.15, 0.2) is 60.7 Å². The number of carbonyl (C=O) groups excluding carboxylic acids is 3. The van der Waals surface area contributed by atoms with Crippen molar-refractivity contribution in [1.29, 1.82) is 0 Å². The number of carboxylic acid groups (broad SMARTS) is 1. The summed E-state index contributed by atoms with van der Waals surface area (Å²) in [4.78, 5) is 50.0. The third-order valence-corrected chi connectivity index (χ3v) is 5.36. The summed E-state index contributed by atoms with van der Waals surface area (Å²) in [5.74, 6) is -2.79. The highest BCUT2D eigenvalue weighted by molar-refractivity contribution is 5.93. The first-order valence-corrected chi connectivity index (χ1v) is 11.6. The van der Waals surface area contributed by atoms with E-state index in [0.717, 1.165) is 11.1 Å². The summed E-state index contributed by atoms with van der Waals surface area (Å²) in [7, 11) is 0. The molecular weight excluding hydrogens is 448 g/mol. The second kappa shape index (κ2) is 13.9. The Bertz CT molecular complexity index is 982. The number of aliphatic carboxylic acids is 1. The maximum atomic E-state index is 13.2. The van der Waals surface area contributed by atoms with Gasteiger partial charge in [-0.1, -0.05) is 74.5 Å². The van der Waals surface area contributed by atoms with Crippen LogP contribution in [0.3, 0.4) is 0 Å². The minimum atomic E-state index is -1.14. The number of benzene rings is 2. The highest BCUT2D eigenvalue weighted by Crippen LogP contribution is 2.09. The van der Waals surface area contributed by atoms with Crippen molar-refractivity contribution < 1.29 is 24.3 Å². The zero-order valence-electron chi connectivity index (χ0n) is 20.1. The molecule has 0 bridgehead atoms. The Morgan fingerprint density at radius 1 is 0.743 bits per heavy atom. The fourth-order valence-electron chi connectivity index (χ4n) is 3.61. The van der Waals surface area contributed by atoms with Gasteiger partial charge in [0.05, 0.1) is 6.54 Å². The Labute approximate surface area is 205 Å². The number of carbonyl (C=O) groups is 4. The molecule has 0 saturated heterocycles. The second-order valence-electron chi connectivity index (χ2n) is 8.79. The number of carboxylic acids is 1. The first-order chi connectivity index (χ1) is 16.7. The summed E-state index contributed by atoms with van der Waals surface area (Å²) < 4.78 is 0.